The van der Waals surface area contributed by atoms with Gasteiger partial charge in [0, 0.05) is 22.2 Å². The minimum atomic E-state index is -3.79. The third-order valence-electron chi connectivity index (χ3n) is 6.68. The average Bonchev–Trinajstić information content (AvgIpc) is 3.61. The van der Waals surface area contributed by atoms with Gasteiger partial charge in [-0.3, -0.25) is 9.69 Å². The van der Waals surface area contributed by atoms with Crippen LogP contribution in [0.2, 0.25) is 10.0 Å². The molecule has 10 heteroatoms. The number of likely N-dealkylation sites (tertiary alicyclic amines) is 1. The maximum atomic E-state index is 14.7. The molecule has 1 atom stereocenters. The van der Waals surface area contributed by atoms with Crippen molar-refractivity contribution in [2.24, 2.45) is 5.92 Å². The van der Waals surface area contributed by atoms with E-state index in [2.05, 4.69) is 11.8 Å². The molecule has 1 heterocycles. The highest BCUT2D eigenvalue weighted by molar-refractivity contribution is 7.89. The summed E-state index contributed by atoms with van der Waals surface area (Å²) < 4.78 is 45.4. The first-order chi connectivity index (χ1) is 16.5. The molecule has 1 N–H and O–H groups in total. The van der Waals surface area contributed by atoms with Crippen LogP contribution in [0.1, 0.15) is 66.1 Å². The van der Waals surface area contributed by atoms with Crippen LogP contribution in [0.15, 0.2) is 30.3 Å². The lowest BCUT2D eigenvalue weighted by Gasteiger charge is -2.36. The molecule has 0 aromatic heterocycles. The summed E-state index contributed by atoms with van der Waals surface area (Å²) in [5.41, 5.74) is 1.56. The van der Waals surface area contributed by atoms with Crippen LogP contribution in [-0.4, -0.2) is 45.2 Å². The van der Waals surface area contributed by atoms with Gasteiger partial charge in [-0.2, -0.15) is 0 Å². The number of hydrogen-bond acceptors (Lipinski definition) is 5. The Bertz CT molecular complexity index is 1190. The Balaban J connectivity index is 1.38. The Labute approximate surface area is 215 Å². The SMILES string of the molecule is CC(c1cc(Cl)cc(Cl)c1)N1CCC(COc2cc(F)c(C(=O)NS(C)(=O)=O)cc2C2CC2)CC1. The van der Waals surface area contributed by atoms with E-state index >= 15 is 0 Å². The van der Waals surface area contributed by atoms with E-state index in [4.69, 9.17) is 27.9 Å². The Morgan fingerprint density at radius 2 is 1.74 bits per heavy atom. The number of benzene rings is 2. The molecule has 1 unspecified atom stereocenters. The van der Waals surface area contributed by atoms with Crippen molar-refractivity contribution in [1.29, 1.82) is 0 Å². The smallest absolute Gasteiger partial charge is 0.267 e. The summed E-state index contributed by atoms with van der Waals surface area (Å²) in [5.74, 6) is -0.812. The monoisotopic (exact) mass is 542 g/mol. The number of sulfonamides is 1. The van der Waals surface area contributed by atoms with Gasteiger partial charge >= 0.3 is 0 Å². The predicted octanol–water partition coefficient (Wildman–Crippen LogP) is 5.55. The van der Waals surface area contributed by atoms with Gasteiger partial charge in [-0.15, -0.1) is 0 Å². The Kier molecular flexibility index (Phi) is 7.95. The molecule has 6 nitrogen and oxygen atoms in total. The number of rotatable bonds is 8. The van der Waals surface area contributed by atoms with Crippen molar-refractivity contribution in [1.82, 2.24) is 9.62 Å². The maximum Gasteiger partial charge on any atom is 0.267 e. The van der Waals surface area contributed by atoms with Crippen molar-refractivity contribution < 1.29 is 22.3 Å². The van der Waals surface area contributed by atoms with Gasteiger partial charge < -0.3 is 4.74 Å². The largest absolute Gasteiger partial charge is 0.493 e. The van der Waals surface area contributed by atoms with E-state index in [0.717, 1.165) is 56.2 Å². The molecule has 2 aliphatic rings. The molecule has 35 heavy (non-hydrogen) atoms. The maximum absolute atomic E-state index is 14.7. The molecular weight excluding hydrogens is 514 g/mol. The second-order valence-corrected chi connectivity index (χ2v) is 12.1. The van der Waals surface area contributed by atoms with Gasteiger partial charge in [-0.05, 0) is 92.9 Å². The van der Waals surface area contributed by atoms with Gasteiger partial charge in [0.15, 0.2) is 0 Å². The van der Waals surface area contributed by atoms with Crippen LogP contribution < -0.4 is 9.46 Å². The van der Waals surface area contributed by atoms with Gasteiger partial charge in [0.05, 0.1) is 18.4 Å². The fraction of sp³-hybridized carbons (Fsp3) is 0.480. The molecule has 0 bridgehead atoms. The summed E-state index contributed by atoms with van der Waals surface area (Å²) in [5, 5.41) is 1.25. The Hall–Kier alpha value is -1.87. The zero-order valence-corrected chi connectivity index (χ0v) is 22.0. The van der Waals surface area contributed by atoms with E-state index < -0.39 is 21.7 Å². The van der Waals surface area contributed by atoms with Crippen molar-refractivity contribution in [3.05, 3.63) is 62.9 Å². The summed E-state index contributed by atoms with van der Waals surface area (Å²) in [7, 11) is -3.79. The van der Waals surface area contributed by atoms with Crippen LogP contribution in [0.5, 0.6) is 5.75 Å². The van der Waals surface area contributed by atoms with Crippen molar-refractivity contribution >= 4 is 39.1 Å². The molecule has 1 aliphatic heterocycles. The average molecular weight is 543 g/mol. The quantitative estimate of drug-likeness (QED) is 0.473. The number of carbonyl (C=O) groups is 1. The van der Waals surface area contributed by atoms with Crippen molar-refractivity contribution in [2.45, 2.75) is 44.6 Å². The van der Waals surface area contributed by atoms with Crippen molar-refractivity contribution in [3.63, 3.8) is 0 Å². The first-order valence-corrected chi connectivity index (χ1v) is 14.3. The van der Waals surface area contributed by atoms with Crippen LogP contribution in [0, 0.1) is 11.7 Å². The molecule has 1 amide bonds. The first-order valence-electron chi connectivity index (χ1n) is 11.7. The van der Waals surface area contributed by atoms with Crippen LogP contribution in [0.3, 0.4) is 0 Å². The van der Waals surface area contributed by atoms with Gasteiger partial charge in [0.1, 0.15) is 11.6 Å². The number of halogens is 3. The highest BCUT2D eigenvalue weighted by Gasteiger charge is 2.31. The zero-order valence-electron chi connectivity index (χ0n) is 19.7. The molecule has 2 fully saturated rings. The molecule has 0 spiro atoms. The Morgan fingerprint density at radius 1 is 1.11 bits per heavy atom. The molecule has 1 saturated heterocycles. The molecule has 1 aliphatic carbocycles. The lowest BCUT2D eigenvalue weighted by molar-refractivity contribution is 0.0977. The highest BCUT2D eigenvalue weighted by atomic mass is 35.5. The second kappa shape index (κ2) is 10.6. The number of amides is 1. The van der Waals surface area contributed by atoms with E-state index in [1.54, 1.807) is 6.07 Å². The van der Waals surface area contributed by atoms with E-state index in [0.29, 0.717) is 28.3 Å². The first kappa shape index (κ1) is 26.2. The van der Waals surface area contributed by atoms with E-state index in [1.807, 2.05) is 16.9 Å². The lowest BCUT2D eigenvalue weighted by Crippen LogP contribution is -2.37. The molecule has 2 aromatic rings. The van der Waals surface area contributed by atoms with E-state index in [1.165, 1.54) is 12.1 Å². The highest BCUT2D eigenvalue weighted by Crippen LogP contribution is 2.45. The minimum Gasteiger partial charge on any atom is -0.493 e. The third-order valence-corrected chi connectivity index (χ3v) is 7.67. The van der Waals surface area contributed by atoms with Crippen LogP contribution >= 0.6 is 23.2 Å². The van der Waals surface area contributed by atoms with Gasteiger partial charge in [0.2, 0.25) is 10.0 Å². The molecule has 2 aromatic carbocycles. The predicted molar refractivity (Wildman–Crippen MR) is 135 cm³/mol. The van der Waals surface area contributed by atoms with Crippen LogP contribution in [0.25, 0.3) is 0 Å². The normalized spacial score (nSPS) is 18.3. The van der Waals surface area contributed by atoms with Gasteiger partial charge in [0.25, 0.3) is 5.91 Å². The standard InChI is InChI=1S/C25H29Cl2FN2O4S/c1-15(18-9-19(26)11-20(27)10-18)30-7-5-16(6-8-30)14-34-24-13-23(28)22(12-21(24)17-3-4-17)25(31)29-35(2,32)33/h9-13,15-17H,3-8,14H2,1-2H3,(H,29,31). The van der Waals surface area contributed by atoms with Crippen molar-refractivity contribution in [2.75, 3.05) is 26.0 Å². The minimum absolute atomic E-state index is 0.189. The number of carbonyl (C=O) groups excluding carboxylic acids is 1. The van der Waals surface area contributed by atoms with Crippen LogP contribution in [0.4, 0.5) is 4.39 Å². The van der Waals surface area contributed by atoms with E-state index in [-0.39, 0.29) is 17.5 Å². The summed E-state index contributed by atoms with van der Waals surface area (Å²) in [6.45, 7) is 4.39. The van der Waals surface area contributed by atoms with Crippen LogP contribution in [-0.2, 0) is 10.0 Å². The molecule has 4 rings (SSSR count). The van der Waals surface area contributed by atoms with Crippen molar-refractivity contribution in [3.8, 4) is 5.75 Å². The number of ether oxygens (including phenoxy) is 1. The summed E-state index contributed by atoms with van der Waals surface area (Å²) in [4.78, 5) is 14.6. The molecular formula is C25H29Cl2FN2O4S. The van der Waals surface area contributed by atoms with E-state index in [9.17, 15) is 17.6 Å². The number of nitrogens with zero attached hydrogens (tertiary/aromatic N) is 1. The van der Waals surface area contributed by atoms with Gasteiger partial charge in [-0.1, -0.05) is 23.2 Å². The number of nitrogens with one attached hydrogen (secondary N) is 1. The molecule has 1 saturated carbocycles. The zero-order chi connectivity index (χ0) is 25.3. The molecule has 190 valence electrons. The van der Waals surface area contributed by atoms with Gasteiger partial charge in [-0.25, -0.2) is 17.5 Å². The third kappa shape index (κ3) is 6.88. The fourth-order valence-corrected chi connectivity index (χ4v) is 5.54. The summed E-state index contributed by atoms with van der Waals surface area (Å²) in [6.07, 6.45) is 4.60. The summed E-state index contributed by atoms with van der Waals surface area (Å²) >= 11 is 12.3. The topological polar surface area (TPSA) is 75.7 Å². The second-order valence-electron chi connectivity index (χ2n) is 9.52. The fourth-order valence-electron chi connectivity index (χ4n) is 4.55. The number of hydrogen-bond donors (Lipinski definition) is 1. The molecule has 0 radical (unpaired) electrons. The lowest BCUT2D eigenvalue weighted by atomic mass is 9.95. The summed E-state index contributed by atoms with van der Waals surface area (Å²) in [6, 6.07) is 8.46. The Morgan fingerprint density at radius 3 is 2.31 bits per heavy atom. The number of piperidine rings is 1.